The van der Waals surface area contributed by atoms with Gasteiger partial charge in [0.25, 0.3) is 5.91 Å². The van der Waals surface area contributed by atoms with Crippen molar-refractivity contribution in [3.05, 3.63) is 65.4 Å². The van der Waals surface area contributed by atoms with Crippen LogP contribution >= 0.6 is 11.6 Å². The number of amides is 2. The van der Waals surface area contributed by atoms with Gasteiger partial charge in [-0.15, -0.1) is 0 Å². The highest BCUT2D eigenvalue weighted by molar-refractivity contribution is 6.34. The van der Waals surface area contributed by atoms with Gasteiger partial charge < -0.3 is 15.4 Å². The van der Waals surface area contributed by atoms with Crippen LogP contribution in [0.25, 0.3) is 5.69 Å². The number of para-hydroxylation sites is 1. The Labute approximate surface area is 167 Å². The topological polar surface area (TPSA) is 85.3 Å². The lowest BCUT2D eigenvalue weighted by atomic mass is 10.2. The van der Waals surface area contributed by atoms with Crippen molar-refractivity contribution in [3.8, 4) is 11.4 Å². The second-order valence-electron chi connectivity index (χ2n) is 5.88. The van der Waals surface area contributed by atoms with Crippen LogP contribution in [0.5, 0.6) is 5.75 Å². The van der Waals surface area contributed by atoms with E-state index in [1.165, 1.54) is 7.11 Å². The predicted octanol–water partition coefficient (Wildman–Crippen LogP) is 4.14. The fourth-order valence-electron chi connectivity index (χ4n) is 2.51. The first-order chi connectivity index (χ1) is 13.5. The van der Waals surface area contributed by atoms with Crippen LogP contribution in [0.2, 0.25) is 5.02 Å². The van der Waals surface area contributed by atoms with Gasteiger partial charge in [0.05, 0.1) is 29.7 Å². The first-order valence-electron chi connectivity index (χ1n) is 8.61. The molecule has 0 unspecified atom stereocenters. The van der Waals surface area contributed by atoms with E-state index in [9.17, 15) is 9.59 Å². The van der Waals surface area contributed by atoms with Gasteiger partial charge in [0.2, 0.25) is 5.91 Å². The number of aromatic nitrogens is 2. The first-order valence-corrected chi connectivity index (χ1v) is 8.99. The number of nitrogens with one attached hydrogen (secondary N) is 2. The fraction of sp³-hybridized carbons (Fsp3) is 0.150. The molecular weight excluding hydrogens is 380 g/mol. The van der Waals surface area contributed by atoms with Gasteiger partial charge >= 0.3 is 0 Å². The molecule has 0 spiro atoms. The molecule has 0 atom stereocenters. The van der Waals surface area contributed by atoms with Crippen LogP contribution < -0.4 is 15.4 Å². The molecule has 2 amide bonds. The van der Waals surface area contributed by atoms with E-state index in [1.54, 1.807) is 36.0 Å². The van der Waals surface area contributed by atoms with E-state index in [0.29, 0.717) is 28.6 Å². The molecule has 144 valence electrons. The maximum absolute atomic E-state index is 12.8. The number of nitrogens with zero attached hydrogens (tertiary/aromatic N) is 2. The van der Waals surface area contributed by atoms with Gasteiger partial charge in [-0.05, 0) is 30.3 Å². The van der Waals surface area contributed by atoms with Gasteiger partial charge in [0, 0.05) is 12.1 Å². The summed E-state index contributed by atoms with van der Waals surface area (Å²) < 4.78 is 6.86. The molecule has 3 aromatic rings. The average molecular weight is 399 g/mol. The number of anilines is 2. The Bertz CT molecular complexity index is 1000. The monoisotopic (exact) mass is 398 g/mol. The molecule has 0 radical (unpaired) electrons. The van der Waals surface area contributed by atoms with Crippen LogP contribution in [0, 0.1) is 0 Å². The highest BCUT2D eigenvalue weighted by Gasteiger charge is 2.19. The quantitative estimate of drug-likeness (QED) is 0.653. The number of hydrogen-bond acceptors (Lipinski definition) is 4. The summed E-state index contributed by atoms with van der Waals surface area (Å²) in [7, 11) is 1.47. The molecule has 0 fully saturated rings. The van der Waals surface area contributed by atoms with Crippen LogP contribution in [0.15, 0.2) is 54.7 Å². The van der Waals surface area contributed by atoms with Crippen molar-refractivity contribution in [1.82, 2.24) is 9.78 Å². The maximum atomic E-state index is 12.8. The Balaban J connectivity index is 1.86. The highest BCUT2D eigenvalue weighted by Crippen LogP contribution is 2.27. The summed E-state index contributed by atoms with van der Waals surface area (Å²) in [4.78, 5) is 24.3. The lowest BCUT2D eigenvalue weighted by molar-refractivity contribution is -0.115. The molecular formula is C20H19ClN4O3. The second-order valence-corrected chi connectivity index (χ2v) is 6.28. The van der Waals surface area contributed by atoms with E-state index in [2.05, 4.69) is 15.7 Å². The SMILES string of the molecule is CCC(=O)Nc1ccc(Cl)c(NC(=O)c2nn(-c3ccccc3)cc2OC)c1. The molecule has 8 heteroatoms. The molecule has 7 nitrogen and oxygen atoms in total. The van der Waals surface area contributed by atoms with E-state index in [-0.39, 0.29) is 11.6 Å². The third-order valence-electron chi connectivity index (χ3n) is 3.96. The molecule has 3 rings (SSSR count). The van der Waals surface area contributed by atoms with E-state index in [4.69, 9.17) is 16.3 Å². The van der Waals surface area contributed by atoms with Crippen molar-refractivity contribution in [2.45, 2.75) is 13.3 Å². The Morgan fingerprint density at radius 2 is 1.89 bits per heavy atom. The summed E-state index contributed by atoms with van der Waals surface area (Å²) in [5, 5.41) is 10.1. The molecule has 0 aliphatic rings. The molecule has 1 heterocycles. The number of carbonyl (C=O) groups is 2. The van der Waals surface area contributed by atoms with Crippen LogP contribution in [0.1, 0.15) is 23.8 Å². The average Bonchev–Trinajstić information content (AvgIpc) is 3.15. The minimum absolute atomic E-state index is 0.116. The van der Waals surface area contributed by atoms with Crippen LogP contribution in [0.3, 0.4) is 0 Å². The van der Waals surface area contributed by atoms with Crippen molar-refractivity contribution in [3.63, 3.8) is 0 Å². The Kier molecular flexibility index (Phi) is 5.96. The van der Waals surface area contributed by atoms with Crippen LogP contribution in [-0.2, 0) is 4.79 Å². The molecule has 0 saturated heterocycles. The zero-order chi connectivity index (χ0) is 20.1. The smallest absolute Gasteiger partial charge is 0.280 e. The zero-order valence-electron chi connectivity index (χ0n) is 15.4. The van der Waals surface area contributed by atoms with Gasteiger partial charge in [-0.25, -0.2) is 4.68 Å². The lowest BCUT2D eigenvalue weighted by Gasteiger charge is -2.10. The number of carbonyl (C=O) groups excluding carboxylic acids is 2. The van der Waals surface area contributed by atoms with Gasteiger partial charge in [0.1, 0.15) is 0 Å². The molecule has 0 aliphatic heterocycles. The summed E-state index contributed by atoms with van der Waals surface area (Å²) in [6.45, 7) is 1.75. The number of methoxy groups -OCH3 is 1. The first kappa shape index (κ1) is 19.4. The van der Waals surface area contributed by atoms with Gasteiger partial charge in [0.15, 0.2) is 11.4 Å². The van der Waals surface area contributed by atoms with Crippen molar-refractivity contribution in [2.24, 2.45) is 0 Å². The number of halogens is 1. The van der Waals surface area contributed by atoms with Gasteiger partial charge in [-0.1, -0.05) is 36.7 Å². The maximum Gasteiger partial charge on any atom is 0.280 e. The van der Waals surface area contributed by atoms with Crippen molar-refractivity contribution in [2.75, 3.05) is 17.7 Å². The molecule has 0 saturated carbocycles. The van der Waals surface area contributed by atoms with Gasteiger partial charge in [-0.3, -0.25) is 9.59 Å². The lowest BCUT2D eigenvalue weighted by Crippen LogP contribution is -2.15. The minimum Gasteiger partial charge on any atom is -0.493 e. The molecule has 0 aliphatic carbocycles. The number of rotatable bonds is 6. The summed E-state index contributed by atoms with van der Waals surface area (Å²) >= 11 is 6.19. The minimum atomic E-state index is -0.479. The third kappa shape index (κ3) is 4.32. The molecule has 28 heavy (non-hydrogen) atoms. The van der Waals surface area contributed by atoms with E-state index in [0.717, 1.165) is 5.69 Å². The predicted molar refractivity (Wildman–Crippen MR) is 108 cm³/mol. The summed E-state index contributed by atoms with van der Waals surface area (Å²) in [5.41, 5.74) is 1.80. The van der Waals surface area contributed by atoms with E-state index in [1.807, 2.05) is 30.3 Å². The number of benzene rings is 2. The summed E-state index contributed by atoms with van der Waals surface area (Å²) in [6, 6.07) is 14.2. The Morgan fingerprint density at radius 3 is 2.57 bits per heavy atom. The van der Waals surface area contributed by atoms with Crippen LogP contribution in [0.4, 0.5) is 11.4 Å². The Morgan fingerprint density at radius 1 is 1.14 bits per heavy atom. The summed E-state index contributed by atoms with van der Waals surface area (Å²) in [6.07, 6.45) is 1.97. The van der Waals surface area contributed by atoms with Gasteiger partial charge in [-0.2, -0.15) is 5.10 Å². The van der Waals surface area contributed by atoms with Crippen molar-refractivity contribution in [1.29, 1.82) is 0 Å². The van der Waals surface area contributed by atoms with Crippen molar-refractivity contribution < 1.29 is 14.3 Å². The number of hydrogen-bond donors (Lipinski definition) is 2. The van der Waals surface area contributed by atoms with Crippen molar-refractivity contribution >= 4 is 34.8 Å². The standard InChI is InChI=1S/C20H19ClN4O3/c1-3-18(26)22-13-9-10-15(21)16(11-13)23-20(27)19-17(28-2)12-25(24-19)14-7-5-4-6-8-14/h4-12H,3H2,1-2H3,(H,22,26)(H,23,27). The zero-order valence-corrected chi connectivity index (χ0v) is 16.2. The third-order valence-corrected chi connectivity index (χ3v) is 4.29. The fourth-order valence-corrected chi connectivity index (χ4v) is 2.67. The molecule has 2 N–H and O–H groups in total. The molecule has 1 aromatic heterocycles. The second kappa shape index (κ2) is 8.58. The van der Waals surface area contributed by atoms with Crippen LogP contribution in [-0.4, -0.2) is 28.7 Å². The van der Waals surface area contributed by atoms with E-state index < -0.39 is 5.91 Å². The normalized spacial score (nSPS) is 10.4. The highest BCUT2D eigenvalue weighted by atomic mass is 35.5. The molecule has 0 bridgehead atoms. The largest absolute Gasteiger partial charge is 0.493 e. The number of ether oxygens (including phenoxy) is 1. The van der Waals surface area contributed by atoms with E-state index >= 15 is 0 Å². The Hall–Kier alpha value is -3.32. The molecule has 2 aromatic carbocycles. The summed E-state index contributed by atoms with van der Waals surface area (Å²) in [5.74, 6) is -0.289.